The monoisotopic (exact) mass is 362 g/mol. The molecule has 0 N–H and O–H groups in total. The fourth-order valence-corrected chi connectivity index (χ4v) is 5.92. The Kier molecular flexibility index (Phi) is 5.02. The number of carbonyl (C=O) groups excluding carboxylic acids is 2. The summed E-state index contributed by atoms with van der Waals surface area (Å²) in [5, 5.41) is 0. The fraction of sp³-hybridized carbons (Fsp3) is 0.905. The number of nitrogens with zero attached hydrogens (tertiary/aromatic N) is 2. The number of fused-ring (bicyclic) bond motifs is 2. The lowest BCUT2D eigenvalue weighted by molar-refractivity contribution is -0.149. The molecule has 4 fully saturated rings. The van der Waals surface area contributed by atoms with Crippen LogP contribution in [0.3, 0.4) is 0 Å². The van der Waals surface area contributed by atoms with Crippen molar-refractivity contribution in [3.8, 4) is 0 Å². The highest BCUT2D eigenvalue weighted by Gasteiger charge is 2.61. The van der Waals surface area contributed by atoms with Gasteiger partial charge in [0, 0.05) is 37.7 Å². The summed E-state index contributed by atoms with van der Waals surface area (Å²) in [6.45, 7) is 6.54. The molecular formula is C21H34N2O3. The van der Waals surface area contributed by atoms with Gasteiger partial charge in [0.25, 0.3) is 0 Å². The first-order valence-corrected chi connectivity index (χ1v) is 10.8. The number of hydrogen-bond donors (Lipinski definition) is 0. The third-order valence-electron chi connectivity index (χ3n) is 7.64. The number of piperidine rings is 1. The van der Waals surface area contributed by atoms with Gasteiger partial charge in [0.05, 0.1) is 11.5 Å². The van der Waals surface area contributed by atoms with Crippen molar-refractivity contribution in [3.05, 3.63) is 0 Å². The van der Waals surface area contributed by atoms with Crippen molar-refractivity contribution in [2.45, 2.75) is 89.8 Å². The molecule has 5 heteroatoms. The van der Waals surface area contributed by atoms with Crippen LogP contribution >= 0.6 is 0 Å². The van der Waals surface area contributed by atoms with Crippen LogP contribution in [0.15, 0.2) is 0 Å². The van der Waals surface area contributed by atoms with Crippen LogP contribution in [-0.2, 0) is 14.3 Å². The number of amides is 2. The van der Waals surface area contributed by atoms with Crippen molar-refractivity contribution in [1.82, 2.24) is 9.80 Å². The third kappa shape index (κ3) is 2.78. The average Bonchev–Trinajstić information content (AvgIpc) is 3.17. The van der Waals surface area contributed by atoms with Crippen LogP contribution in [0.2, 0.25) is 0 Å². The standard InChI is InChI=1S/C21H34N2O3/c1-3-21(20(25)22-12-10-17(11-13-22)26-4-2)14-16-8-9-18(21)23(16)19(24)15-6-5-7-15/h15-18H,3-14H2,1-2H3/t16-,18+,21+/m0/s1. The molecule has 1 saturated carbocycles. The minimum Gasteiger partial charge on any atom is -0.378 e. The Labute approximate surface area is 157 Å². The average molecular weight is 363 g/mol. The van der Waals surface area contributed by atoms with E-state index in [1.165, 1.54) is 6.42 Å². The van der Waals surface area contributed by atoms with E-state index in [4.69, 9.17) is 4.74 Å². The van der Waals surface area contributed by atoms with E-state index in [0.29, 0.717) is 24.0 Å². The maximum Gasteiger partial charge on any atom is 0.230 e. The van der Waals surface area contributed by atoms with Crippen LogP contribution in [0, 0.1) is 11.3 Å². The van der Waals surface area contributed by atoms with Crippen LogP contribution in [0.1, 0.15) is 71.6 Å². The van der Waals surface area contributed by atoms with Gasteiger partial charge in [-0.05, 0) is 58.3 Å². The summed E-state index contributed by atoms with van der Waals surface area (Å²) in [4.78, 5) is 30.8. The van der Waals surface area contributed by atoms with Gasteiger partial charge in [0.15, 0.2) is 0 Å². The Bertz CT molecular complexity index is 553. The Morgan fingerprint density at radius 1 is 1.04 bits per heavy atom. The zero-order valence-electron chi connectivity index (χ0n) is 16.4. The highest BCUT2D eigenvalue weighted by Crippen LogP contribution is 2.54. The summed E-state index contributed by atoms with van der Waals surface area (Å²) in [6.07, 6.45) is 9.31. The highest BCUT2D eigenvalue weighted by atomic mass is 16.5. The summed E-state index contributed by atoms with van der Waals surface area (Å²) in [5.74, 6) is 0.901. The van der Waals surface area contributed by atoms with Gasteiger partial charge in [-0.2, -0.15) is 0 Å². The first-order chi connectivity index (χ1) is 12.6. The molecule has 3 saturated heterocycles. The molecule has 4 aliphatic rings. The van der Waals surface area contributed by atoms with Gasteiger partial charge in [0.2, 0.25) is 11.8 Å². The summed E-state index contributed by atoms with van der Waals surface area (Å²) >= 11 is 0. The Morgan fingerprint density at radius 3 is 2.35 bits per heavy atom. The van der Waals surface area contributed by atoms with Gasteiger partial charge in [-0.25, -0.2) is 0 Å². The van der Waals surface area contributed by atoms with E-state index < -0.39 is 0 Å². The minimum absolute atomic E-state index is 0.141. The normalized spacial score (nSPS) is 35.0. The molecule has 3 aliphatic heterocycles. The molecule has 26 heavy (non-hydrogen) atoms. The first-order valence-electron chi connectivity index (χ1n) is 10.8. The second kappa shape index (κ2) is 7.14. The maximum absolute atomic E-state index is 13.6. The van der Waals surface area contributed by atoms with Crippen LogP contribution < -0.4 is 0 Å². The molecule has 0 aromatic rings. The van der Waals surface area contributed by atoms with E-state index in [2.05, 4.69) is 16.7 Å². The largest absolute Gasteiger partial charge is 0.378 e. The highest BCUT2D eigenvalue weighted by molar-refractivity contribution is 5.88. The predicted molar refractivity (Wildman–Crippen MR) is 99.6 cm³/mol. The van der Waals surface area contributed by atoms with E-state index in [0.717, 1.165) is 71.1 Å². The molecule has 4 rings (SSSR count). The van der Waals surface area contributed by atoms with Gasteiger partial charge >= 0.3 is 0 Å². The second-order valence-corrected chi connectivity index (χ2v) is 8.78. The predicted octanol–water partition coefficient (Wildman–Crippen LogP) is 2.97. The lowest BCUT2D eigenvalue weighted by atomic mass is 9.70. The molecule has 3 heterocycles. The number of ether oxygens (including phenoxy) is 1. The molecular weight excluding hydrogens is 328 g/mol. The van der Waals surface area contributed by atoms with Crippen LogP contribution in [-0.4, -0.2) is 59.5 Å². The van der Waals surface area contributed by atoms with E-state index in [9.17, 15) is 9.59 Å². The molecule has 0 radical (unpaired) electrons. The Morgan fingerprint density at radius 2 is 1.77 bits per heavy atom. The van der Waals surface area contributed by atoms with E-state index in [1.54, 1.807) is 0 Å². The summed E-state index contributed by atoms with van der Waals surface area (Å²) in [6, 6.07) is 0.445. The third-order valence-corrected chi connectivity index (χ3v) is 7.64. The van der Waals surface area contributed by atoms with Crippen LogP contribution in [0.4, 0.5) is 0 Å². The van der Waals surface area contributed by atoms with Crippen LogP contribution in [0.5, 0.6) is 0 Å². The molecule has 2 bridgehead atoms. The quantitative estimate of drug-likeness (QED) is 0.755. The number of rotatable bonds is 5. The van der Waals surface area contributed by atoms with Crippen molar-refractivity contribution < 1.29 is 14.3 Å². The molecule has 3 atom stereocenters. The molecule has 2 amide bonds. The number of likely N-dealkylation sites (tertiary alicyclic amines) is 1. The molecule has 0 aromatic heterocycles. The molecule has 0 aromatic carbocycles. The van der Waals surface area contributed by atoms with Crippen molar-refractivity contribution >= 4 is 11.8 Å². The lowest BCUT2D eigenvalue weighted by Crippen LogP contribution is -2.54. The van der Waals surface area contributed by atoms with E-state index in [-0.39, 0.29) is 17.4 Å². The molecule has 1 aliphatic carbocycles. The topological polar surface area (TPSA) is 49.9 Å². The smallest absolute Gasteiger partial charge is 0.230 e. The lowest BCUT2D eigenvalue weighted by Gasteiger charge is -2.42. The van der Waals surface area contributed by atoms with Crippen molar-refractivity contribution in [1.29, 1.82) is 0 Å². The maximum atomic E-state index is 13.6. The fourth-order valence-electron chi connectivity index (χ4n) is 5.92. The first kappa shape index (κ1) is 18.3. The molecule has 5 nitrogen and oxygen atoms in total. The summed E-state index contributed by atoms with van der Waals surface area (Å²) in [7, 11) is 0. The van der Waals surface area contributed by atoms with Crippen LogP contribution in [0.25, 0.3) is 0 Å². The zero-order chi connectivity index (χ0) is 18.3. The van der Waals surface area contributed by atoms with Crippen molar-refractivity contribution in [3.63, 3.8) is 0 Å². The molecule has 0 spiro atoms. The van der Waals surface area contributed by atoms with Crippen molar-refractivity contribution in [2.75, 3.05) is 19.7 Å². The van der Waals surface area contributed by atoms with Gasteiger partial charge in [-0.3, -0.25) is 9.59 Å². The van der Waals surface area contributed by atoms with Gasteiger partial charge in [0.1, 0.15) is 0 Å². The van der Waals surface area contributed by atoms with Gasteiger partial charge < -0.3 is 14.5 Å². The SMILES string of the molecule is CCOC1CCN(C(=O)[C@]2(CC)C[C@@H]3CC[C@H]2N3C(=O)C2CCC2)CC1. The summed E-state index contributed by atoms with van der Waals surface area (Å²) in [5.41, 5.74) is -0.333. The van der Waals surface area contributed by atoms with E-state index >= 15 is 0 Å². The number of carbonyl (C=O) groups is 2. The zero-order valence-corrected chi connectivity index (χ0v) is 16.4. The number of hydrogen-bond acceptors (Lipinski definition) is 3. The summed E-state index contributed by atoms with van der Waals surface area (Å²) < 4.78 is 5.74. The Hall–Kier alpha value is -1.10. The van der Waals surface area contributed by atoms with Gasteiger partial charge in [-0.15, -0.1) is 0 Å². The molecule has 146 valence electrons. The molecule has 0 unspecified atom stereocenters. The van der Waals surface area contributed by atoms with Crippen molar-refractivity contribution in [2.24, 2.45) is 11.3 Å². The van der Waals surface area contributed by atoms with Gasteiger partial charge in [-0.1, -0.05) is 13.3 Å². The Balaban J connectivity index is 1.47. The van der Waals surface area contributed by atoms with E-state index in [1.807, 2.05) is 6.92 Å². The minimum atomic E-state index is -0.333. The second-order valence-electron chi connectivity index (χ2n) is 8.78.